The fraction of sp³-hybridized carbons (Fsp3) is 0.0667. The van der Waals surface area contributed by atoms with Crippen LogP contribution in [0.15, 0.2) is 54.6 Å². The Morgan fingerprint density at radius 3 is 2.53 bits per heavy atom. The maximum absolute atomic E-state index is 13.0. The number of hydrogen-bond donors (Lipinski definition) is 1. The molecule has 0 aliphatic heterocycles. The minimum absolute atomic E-state index is 0.334. The lowest BCUT2D eigenvalue weighted by Gasteiger charge is -2.10. The van der Waals surface area contributed by atoms with Gasteiger partial charge in [0.05, 0.1) is 6.07 Å². The van der Waals surface area contributed by atoms with Crippen LogP contribution in [-0.2, 0) is 4.79 Å². The summed E-state index contributed by atoms with van der Waals surface area (Å²) in [5, 5.41) is 11.6. The Morgan fingerprint density at radius 2 is 1.89 bits per heavy atom. The van der Waals surface area contributed by atoms with Crippen molar-refractivity contribution in [1.29, 1.82) is 5.26 Å². The van der Waals surface area contributed by atoms with E-state index in [0.29, 0.717) is 11.3 Å². The minimum atomic E-state index is -0.913. The van der Waals surface area contributed by atoms with E-state index in [1.807, 2.05) is 12.1 Å². The molecule has 0 saturated carbocycles. The molecule has 0 fully saturated rings. The van der Waals surface area contributed by atoms with E-state index >= 15 is 0 Å². The number of hydrogen-bond acceptors (Lipinski definition) is 2. The van der Waals surface area contributed by atoms with Gasteiger partial charge in [-0.3, -0.25) is 4.79 Å². The van der Waals surface area contributed by atoms with E-state index in [1.54, 1.807) is 30.3 Å². The average molecular weight is 254 g/mol. The highest BCUT2D eigenvalue weighted by molar-refractivity contribution is 5.97. The molecule has 1 N–H and O–H groups in total. The van der Waals surface area contributed by atoms with Crippen LogP contribution in [-0.4, -0.2) is 5.91 Å². The third-order valence-corrected chi connectivity index (χ3v) is 2.62. The number of amides is 1. The standard InChI is InChI=1S/C15H11FN2O/c16-12-7-4-8-13(9-12)18-15(19)14(10-17)11-5-2-1-3-6-11/h1-9,14H,(H,18,19). The lowest BCUT2D eigenvalue weighted by molar-refractivity contribution is -0.116. The first kappa shape index (κ1) is 12.8. The van der Waals surface area contributed by atoms with Gasteiger partial charge in [-0.15, -0.1) is 0 Å². The quantitative estimate of drug-likeness (QED) is 0.915. The van der Waals surface area contributed by atoms with Crippen LogP contribution in [0.5, 0.6) is 0 Å². The van der Waals surface area contributed by atoms with Crippen molar-refractivity contribution in [2.24, 2.45) is 0 Å². The van der Waals surface area contributed by atoms with Crippen LogP contribution >= 0.6 is 0 Å². The number of nitrogens with one attached hydrogen (secondary N) is 1. The van der Waals surface area contributed by atoms with Crippen molar-refractivity contribution in [3.63, 3.8) is 0 Å². The summed E-state index contributed by atoms with van der Waals surface area (Å²) in [6.07, 6.45) is 0. The summed E-state index contributed by atoms with van der Waals surface area (Å²) in [6, 6.07) is 16.2. The molecule has 1 atom stereocenters. The van der Waals surface area contributed by atoms with Crippen molar-refractivity contribution in [1.82, 2.24) is 0 Å². The molecule has 0 aromatic heterocycles. The summed E-state index contributed by atoms with van der Waals surface area (Å²) in [7, 11) is 0. The van der Waals surface area contributed by atoms with Gasteiger partial charge >= 0.3 is 0 Å². The molecular formula is C15H11FN2O. The van der Waals surface area contributed by atoms with Crippen molar-refractivity contribution < 1.29 is 9.18 Å². The SMILES string of the molecule is N#CC(C(=O)Nc1cccc(F)c1)c1ccccc1. The van der Waals surface area contributed by atoms with Crippen LogP contribution in [0.3, 0.4) is 0 Å². The zero-order valence-electron chi connectivity index (χ0n) is 10.0. The van der Waals surface area contributed by atoms with Gasteiger partial charge in [-0.05, 0) is 23.8 Å². The Labute approximate surface area is 110 Å². The predicted octanol–water partition coefficient (Wildman–Crippen LogP) is 3.07. The van der Waals surface area contributed by atoms with Crippen molar-refractivity contribution in [3.05, 3.63) is 66.0 Å². The molecule has 0 aliphatic rings. The number of benzene rings is 2. The molecule has 1 amide bonds. The van der Waals surface area contributed by atoms with Gasteiger partial charge in [0.25, 0.3) is 0 Å². The molecule has 2 rings (SSSR count). The monoisotopic (exact) mass is 254 g/mol. The molecule has 0 heterocycles. The molecule has 0 spiro atoms. The summed E-state index contributed by atoms with van der Waals surface area (Å²) in [4.78, 5) is 12.0. The lowest BCUT2D eigenvalue weighted by atomic mass is 10.00. The van der Waals surface area contributed by atoms with E-state index in [2.05, 4.69) is 5.32 Å². The Morgan fingerprint density at radius 1 is 1.16 bits per heavy atom. The van der Waals surface area contributed by atoms with Crippen LogP contribution in [0.25, 0.3) is 0 Å². The van der Waals surface area contributed by atoms with Crippen LogP contribution in [0.1, 0.15) is 11.5 Å². The zero-order chi connectivity index (χ0) is 13.7. The molecule has 2 aromatic carbocycles. The third-order valence-electron chi connectivity index (χ3n) is 2.62. The second-order valence-corrected chi connectivity index (χ2v) is 3.97. The third kappa shape index (κ3) is 3.17. The number of anilines is 1. The normalized spacial score (nSPS) is 11.4. The van der Waals surface area contributed by atoms with Crippen molar-refractivity contribution in [2.75, 3.05) is 5.32 Å². The molecule has 0 bridgehead atoms. The highest BCUT2D eigenvalue weighted by Crippen LogP contribution is 2.18. The second kappa shape index (κ2) is 5.78. The fourth-order valence-corrected chi connectivity index (χ4v) is 1.71. The zero-order valence-corrected chi connectivity index (χ0v) is 10.0. The number of rotatable bonds is 3. The van der Waals surface area contributed by atoms with Crippen LogP contribution in [0.4, 0.5) is 10.1 Å². The number of nitriles is 1. The number of halogens is 1. The van der Waals surface area contributed by atoms with E-state index in [9.17, 15) is 9.18 Å². The van der Waals surface area contributed by atoms with Crippen molar-refractivity contribution in [2.45, 2.75) is 5.92 Å². The average Bonchev–Trinajstić information content (AvgIpc) is 2.41. The van der Waals surface area contributed by atoms with E-state index in [4.69, 9.17) is 5.26 Å². The molecule has 3 nitrogen and oxygen atoms in total. The highest BCUT2D eigenvalue weighted by Gasteiger charge is 2.19. The van der Waals surface area contributed by atoms with Crippen LogP contribution in [0.2, 0.25) is 0 Å². The molecule has 0 aliphatic carbocycles. The maximum Gasteiger partial charge on any atom is 0.246 e. The van der Waals surface area contributed by atoms with Crippen molar-refractivity contribution >= 4 is 11.6 Å². The minimum Gasteiger partial charge on any atom is -0.325 e. The van der Waals surface area contributed by atoms with Gasteiger partial charge < -0.3 is 5.32 Å². The van der Waals surface area contributed by atoms with E-state index in [0.717, 1.165) is 0 Å². The maximum atomic E-state index is 13.0. The first-order valence-corrected chi connectivity index (χ1v) is 5.71. The van der Waals surface area contributed by atoms with E-state index in [1.165, 1.54) is 18.2 Å². The fourth-order valence-electron chi connectivity index (χ4n) is 1.71. The molecule has 94 valence electrons. The van der Waals surface area contributed by atoms with Gasteiger partial charge in [-0.25, -0.2) is 4.39 Å². The summed E-state index contributed by atoms with van der Waals surface area (Å²) < 4.78 is 13.0. The Kier molecular flexibility index (Phi) is 3.89. The highest BCUT2D eigenvalue weighted by atomic mass is 19.1. The first-order chi connectivity index (χ1) is 9.20. The van der Waals surface area contributed by atoms with Crippen LogP contribution in [0, 0.1) is 17.1 Å². The molecular weight excluding hydrogens is 243 g/mol. The smallest absolute Gasteiger partial charge is 0.246 e. The summed E-state index contributed by atoms with van der Waals surface area (Å²) in [5.41, 5.74) is 0.945. The number of carbonyl (C=O) groups is 1. The van der Waals surface area contributed by atoms with Gasteiger partial charge in [-0.2, -0.15) is 5.26 Å². The van der Waals surface area contributed by atoms with Crippen LogP contribution < -0.4 is 5.32 Å². The summed E-state index contributed by atoms with van der Waals surface area (Å²) >= 11 is 0. The first-order valence-electron chi connectivity index (χ1n) is 5.71. The Bertz CT molecular complexity index is 620. The van der Waals surface area contributed by atoms with Gasteiger partial charge in [0.1, 0.15) is 5.82 Å². The van der Waals surface area contributed by atoms with Gasteiger partial charge in [-0.1, -0.05) is 36.4 Å². The largest absolute Gasteiger partial charge is 0.325 e. The Hall–Kier alpha value is -2.67. The van der Waals surface area contributed by atoms with Gasteiger partial charge in [0, 0.05) is 5.69 Å². The summed E-state index contributed by atoms with van der Waals surface area (Å²) in [6.45, 7) is 0. The number of nitrogens with zero attached hydrogens (tertiary/aromatic N) is 1. The topological polar surface area (TPSA) is 52.9 Å². The predicted molar refractivity (Wildman–Crippen MR) is 69.8 cm³/mol. The second-order valence-electron chi connectivity index (χ2n) is 3.97. The van der Waals surface area contributed by atoms with E-state index < -0.39 is 17.6 Å². The number of carbonyl (C=O) groups excluding carboxylic acids is 1. The molecule has 4 heteroatoms. The molecule has 19 heavy (non-hydrogen) atoms. The Balaban J connectivity index is 2.17. The lowest BCUT2D eigenvalue weighted by Crippen LogP contribution is -2.20. The molecule has 0 saturated heterocycles. The summed E-state index contributed by atoms with van der Waals surface area (Å²) in [5.74, 6) is -1.82. The molecule has 1 unspecified atom stereocenters. The molecule has 0 radical (unpaired) electrons. The van der Waals surface area contributed by atoms with Gasteiger partial charge in [0.15, 0.2) is 5.92 Å². The van der Waals surface area contributed by atoms with Crippen molar-refractivity contribution in [3.8, 4) is 6.07 Å². The molecule has 2 aromatic rings. The van der Waals surface area contributed by atoms with Gasteiger partial charge in [0.2, 0.25) is 5.91 Å². The van der Waals surface area contributed by atoms with E-state index in [-0.39, 0.29) is 0 Å².